The molecule has 1 aliphatic carbocycles. The van der Waals surface area contributed by atoms with Crippen molar-refractivity contribution in [3.63, 3.8) is 0 Å². The first kappa shape index (κ1) is 18.2. The molecule has 130 valence electrons. The maximum Gasteiger partial charge on any atom is 0.0575 e. The topological polar surface area (TPSA) is 49.7 Å². The third-order valence-electron chi connectivity index (χ3n) is 5.87. The van der Waals surface area contributed by atoms with E-state index >= 15 is 0 Å². The highest BCUT2D eigenvalue weighted by molar-refractivity contribution is 4.81. The van der Waals surface area contributed by atoms with E-state index in [1.54, 1.807) is 0 Å². The molecule has 1 saturated heterocycles. The van der Waals surface area contributed by atoms with Crippen molar-refractivity contribution in [1.29, 1.82) is 0 Å². The van der Waals surface area contributed by atoms with Gasteiger partial charge in [-0.05, 0) is 88.9 Å². The maximum atomic E-state index is 9.62. The van der Waals surface area contributed by atoms with Crippen LogP contribution < -0.4 is 0 Å². The van der Waals surface area contributed by atoms with E-state index in [1.807, 2.05) is 6.92 Å². The third-order valence-corrected chi connectivity index (χ3v) is 5.87. The molecule has 3 nitrogen and oxygen atoms in total. The maximum absolute atomic E-state index is 9.62. The van der Waals surface area contributed by atoms with Crippen molar-refractivity contribution in [2.45, 2.75) is 96.4 Å². The highest BCUT2D eigenvalue weighted by Gasteiger charge is 2.30. The van der Waals surface area contributed by atoms with E-state index in [0.29, 0.717) is 12.0 Å². The van der Waals surface area contributed by atoms with E-state index in [2.05, 4.69) is 6.92 Å². The van der Waals surface area contributed by atoms with Gasteiger partial charge in [-0.1, -0.05) is 6.92 Å². The minimum Gasteiger partial charge on any atom is -0.393 e. The number of aliphatic hydroxyl groups excluding tert-OH is 2. The standard InChI is InChI=1S/C19H36O3/c1-14(3-5-15(2)20)4-11-19-12-8-17(13-22-19)16-6-9-18(21)10-7-16/h14-21H,3-13H2,1-2H3. The Morgan fingerprint density at radius 2 is 1.59 bits per heavy atom. The Labute approximate surface area is 136 Å². The molecule has 0 aromatic heterocycles. The molecule has 1 aliphatic heterocycles. The molecule has 2 aliphatic rings. The van der Waals surface area contributed by atoms with E-state index < -0.39 is 0 Å². The summed E-state index contributed by atoms with van der Waals surface area (Å²) in [6.07, 6.45) is 11.6. The third kappa shape index (κ3) is 6.17. The zero-order chi connectivity index (χ0) is 15.9. The Morgan fingerprint density at radius 1 is 0.909 bits per heavy atom. The summed E-state index contributed by atoms with van der Waals surface area (Å²) in [7, 11) is 0. The zero-order valence-corrected chi connectivity index (χ0v) is 14.5. The number of rotatable bonds is 7. The van der Waals surface area contributed by atoms with Gasteiger partial charge in [0.15, 0.2) is 0 Å². The molecule has 0 bridgehead atoms. The summed E-state index contributed by atoms with van der Waals surface area (Å²) in [5.74, 6) is 2.21. The number of hydrogen-bond donors (Lipinski definition) is 2. The summed E-state index contributed by atoms with van der Waals surface area (Å²) in [6.45, 7) is 5.11. The minimum absolute atomic E-state index is 0.0448. The summed E-state index contributed by atoms with van der Waals surface area (Å²) < 4.78 is 6.13. The van der Waals surface area contributed by atoms with Crippen LogP contribution in [0.25, 0.3) is 0 Å². The molecule has 2 fully saturated rings. The van der Waals surface area contributed by atoms with Crippen LogP contribution in [0.4, 0.5) is 0 Å². The summed E-state index contributed by atoms with van der Waals surface area (Å²) in [4.78, 5) is 0. The van der Waals surface area contributed by atoms with Gasteiger partial charge in [0.1, 0.15) is 0 Å². The first-order valence-corrected chi connectivity index (χ1v) is 9.52. The van der Waals surface area contributed by atoms with Crippen molar-refractivity contribution in [2.75, 3.05) is 6.61 Å². The Hall–Kier alpha value is -0.120. The van der Waals surface area contributed by atoms with Crippen LogP contribution >= 0.6 is 0 Å². The SMILES string of the molecule is CC(O)CCC(C)CCC1CCC(C2CCC(O)CC2)CO1. The van der Waals surface area contributed by atoms with Gasteiger partial charge in [-0.3, -0.25) is 0 Å². The molecule has 2 N–H and O–H groups in total. The van der Waals surface area contributed by atoms with Crippen LogP contribution in [0.3, 0.4) is 0 Å². The van der Waals surface area contributed by atoms with Crippen LogP contribution in [0.15, 0.2) is 0 Å². The fourth-order valence-corrected chi connectivity index (χ4v) is 4.14. The van der Waals surface area contributed by atoms with E-state index in [0.717, 1.165) is 44.1 Å². The lowest BCUT2D eigenvalue weighted by molar-refractivity contribution is -0.0474. The largest absolute Gasteiger partial charge is 0.393 e. The molecule has 0 aromatic carbocycles. The molecular weight excluding hydrogens is 276 g/mol. The van der Waals surface area contributed by atoms with Gasteiger partial charge in [-0.2, -0.15) is 0 Å². The predicted molar refractivity (Wildman–Crippen MR) is 89.7 cm³/mol. The average molecular weight is 312 g/mol. The molecular formula is C19H36O3. The molecule has 1 heterocycles. The minimum atomic E-state index is -0.164. The summed E-state index contributed by atoms with van der Waals surface area (Å²) >= 11 is 0. The van der Waals surface area contributed by atoms with Crippen LogP contribution in [0.1, 0.15) is 78.1 Å². The van der Waals surface area contributed by atoms with Crippen molar-refractivity contribution in [3.8, 4) is 0 Å². The van der Waals surface area contributed by atoms with Gasteiger partial charge in [-0.25, -0.2) is 0 Å². The van der Waals surface area contributed by atoms with Crippen molar-refractivity contribution < 1.29 is 14.9 Å². The lowest BCUT2D eigenvalue weighted by atomic mass is 9.76. The smallest absolute Gasteiger partial charge is 0.0575 e. The molecule has 0 radical (unpaired) electrons. The molecule has 1 saturated carbocycles. The number of hydrogen-bond acceptors (Lipinski definition) is 3. The van der Waals surface area contributed by atoms with Gasteiger partial charge >= 0.3 is 0 Å². The monoisotopic (exact) mass is 312 g/mol. The van der Waals surface area contributed by atoms with Gasteiger partial charge in [0.2, 0.25) is 0 Å². The van der Waals surface area contributed by atoms with Gasteiger partial charge in [0.05, 0.1) is 24.9 Å². The molecule has 0 amide bonds. The molecule has 4 atom stereocenters. The van der Waals surface area contributed by atoms with Crippen LogP contribution in [-0.2, 0) is 4.74 Å². The first-order chi connectivity index (χ1) is 10.5. The zero-order valence-electron chi connectivity index (χ0n) is 14.5. The summed E-state index contributed by atoms with van der Waals surface area (Å²) in [5, 5.41) is 19.0. The van der Waals surface area contributed by atoms with Crippen molar-refractivity contribution in [1.82, 2.24) is 0 Å². The highest BCUT2D eigenvalue weighted by atomic mass is 16.5. The van der Waals surface area contributed by atoms with Crippen LogP contribution in [0, 0.1) is 17.8 Å². The van der Waals surface area contributed by atoms with Crippen LogP contribution in [0.5, 0.6) is 0 Å². The Kier molecular flexibility index (Phi) is 7.66. The Morgan fingerprint density at radius 3 is 2.18 bits per heavy atom. The predicted octanol–water partition coefficient (Wildman–Crippen LogP) is 3.91. The summed E-state index contributed by atoms with van der Waals surface area (Å²) in [5.41, 5.74) is 0. The van der Waals surface area contributed by atoms with Crippen molar-refractivity contribution in [3.05, 3.63) is 0 Å². The lowest BCUT2D eigenvalue weighted by Crippen LogP contribution is -2.33. The molecule has 0 aromatic rings. The van der Waals surface area contributed by atoms with E-state index in [-0.39, 0.29) is 12.2 Å². The van der Waals surface area contributed by atoms with Gasteiger partial charge in [0.25, 0.3) is 0 Å². The fourth-order valence-electron chi connectivity index (χ4n) is 4.14. The normalized spacial score (nSPS) is 36.0. The molecule has 4 unspecified atom stereocenters. The second-order valence-electron chi connectivity index (χ2n) is 7.97. The Balaban J connectivity index is 1.59. The van der Waals surface area contributed by atoms with Crippen molar-refractivity contribution >= 4 is 0 Å². The van der Waals surface area contributed by atoms with Crippen LogP contribution in [0.2, 0.25) is 0 Å². The van der Waals surface area contributed by atoms with Crippen LogP contribution in [-0.4, -0.2) is 35.1 Å². The first-order valence-electron chi connectivity index (χ1n) is 9.52. The average Bonchev–Trinajstić information content (AvgIpc) is 2.52. The quantitative estimate of drug-likeness (QED) is 0.749. The van der Waals surface area contributed by atoms with E-state index in [1.165, 1.54) is 38.5 Å². The van der Waals surface area contributed by atoms with E-state index in [4.69, 9.17) is 4.74 Å². The van der Waals surface area contributed by atoms with Gasteiger partial charge in [0, 0.05) is 0 Å². The molecule has 2 rings (SSSR count). The fraction of sp³-hybridized carbons (Fsp3) is 1.00. The number of aliphatic hydroxyl groups is 2. The molecule has 22 heavy (non-hydrogen) atoms. The van der Waals surface area contributed by atoms with Gasteiger partial charge in [-0.15, -0.1) is 0 Å². The van der Waals surface area contributed by atoms with Crippen molar-refractivity contribution in [2.24, 2.45) is 17.8 Å². The summed E-state index contributed by atoms with van der Waals surface area (Å²) in [6, 6.07) is 0. The Bertz CT molecular complexity index is 289. The lowest BCUT2D eigenvalue weighted by Gasteiger charge is -2.37. The molecule has 3 heteroatoms. The number of ether oxygens (including phenoxy) is 1. The second kappa shape index (κ2) is 9.24. The highest BCUT2D eigenvalue weighted by Crippen LogP contribution is 2.36. The molecule has 0 spiro atoms. The van der Waals surface area contributed by atoms with Gasteiger partial charge < -0.3 is 14.9 Å². The second-order valence-corrected chi connectivity index (χ2v) is 7.97. The van der Waals surface area contributed by atoms with E-state index in [9.17, 15) is 10.2 Å².